The van der Waals surface area contributed by atoms with Crippen molar-refractivity contribution in [3.8, 4) is 0 Å². The number of thiocarbonyl (C=S) groups is 1. The minimum Gasteiger partial charge on any atom is -0.469 e. The van der Waals surface area contributed by atoms with E-state index < -0.39 is 0 Å². The molecule has 8 heteroatoms. The number of thioether (sulfide) groups is 1. The molecule has 0 N–H and O–H groups in total. The topological polar surface area (TPSA) is 66.9 Å². The maximum atomic E-state index is 13.1. The van der Waals surface area contributed by atoms with Crippen LogP contribution >= 0.6 is 24.0 Å². The molecule has 0 bridgehead atoms. The summed E-state index contributed by atoms with van der Waals surface area (Å²) in [5.41, 5.74) is 2.05. The predicted molar refractivity (Wildman–Crippen MR) is 114 cm³/mol. The van der Waals surface area contributed by atoms with Crippen molar-refractivity contribution in [3.63, 3.8) is 0 Å². The predicted octanol–water partition coefficient (Wildman–Crippen LogP) is 3.36. The summed E-state index contributed by atoms with van der Waals surface area (Å²) in [6, 6.07) is 7.55. The number of esters is 1. The van der Waals surface area contributed by atoms with Crippen molar-refractivity contribution in [1.82, 2.24) is 4.90 Å². The van der Waals surface area contributed by atoms with Crippen LogP contribution in [0.3, 0.4) is 0 Å². The number of carbonyl (C=O) groups is 3. The summed E-state index contributed by atoms with van der Waals surface area (Å²) >= 11 is 6.53. The van der Waals surface area contributed by atoms with Gasteiger partial charge in [-0.25, -0.2) is 0 Å². The van der Waals surface area contributed by atoms with Gasteiger partial charge in [0.05, 0.1) is 23.3 Å². The number of hydrogen-bond donors (Lipinski definition) is 0. The van der Waals surface area contributed by atoms with Crippen LogP contribution < -0.4 is 4.90 Å². The Hall–Kier alpha value is -2.19. The highest BCUT2D eigenvalue weighted by molar-refractivity contribution is 8.26. The van der Waals surface area contributed by atoms with Crippen LogP contribution in [0.4, 0.5) is 5.69 Å². The van der Waals surface area contributed by atoms with E-state index >= 15 is 0 Å². The number of fused-ring (bicyclic) bond motifs is 1. The van der Waals surface area contributed by atoms with Crippen LogP contribution in [0.2, 0.25) is 0 Å². The first-order valence-electron chi connectivity index (χ1n) is 9.25. The van der Waals surface area contributed by atoms with E-state index in [1.54, 1.807) is 4.90 Å². The van der Waals surface area contributed by atoms with Crippen molar-refractivity contribution in [2.45, 2.75) is 32.6 Å². The molecule has 2 amide bonds. The minimum absolute atomic E-state index is 0.148. The molecule has 1 fully saturated rings. The maximum absolute atomic E-state index is 13.1. The largest absolute Gasteiger partial charge is 0.469 e. The molecule has 0 radical (unpaired) electrons. The van der Waals surface area contributed by atoms with Gasteiger partial charge in [0.15, 0.2) is 0 Å². The summed E-state index contributed by atoms with van der Waals surface area (Å²) in [6.45, 7) is 3.02. The van der Waals surface area contributed by atoms with Crippen molar-refractivity contribution in [2.24, 2.45) is 0 Å². The van der Waals surface area contributed by atoms with Crippen LogP contribution in [-0.2, 0) is 19.1 Å². The van der Waals surface area contributed by atoms with Gasteiger partial charge in [0.2, 0.25) is 0 Å². The molecule has 148 valence electrons. The van der Waals surface area contributed by atoms with Crippen molar-refractivity contribution in [1.29, 1.82) is 0 Å². The highest BCUT2D eigenvalue weighted by Crippen LogP contribution is 2.44. The number of methoxy groups -OCH3 is 1. The van der Waals surface area contributed by atoms with E-state index in [0.717, 1.165) is 35.9 Å². The Morgan fingerprint density at radius 3 is 2.54 bits per heavy atom. The second-order valence-corrected chi connectivity index (χ2v) is 8.18. The molecule has 0 saturated carbocycles. The summed E-state index contributed by atoms with van der Waals surface area (Å²) < 4.78 is 5.04. The molecule has 2 heterocycles. The maximum Gasteiger partial charge on any atom is 0.305 e. The van der Waals surface area contributed by atoms with Gasteiger partial charge in [-0.15, -0.1) is 0 Å². The fourth-order valence-corrected chi connectivity index (χ4v) is 4.64. The lowest BCUT2D eigenvalue weighted by molar-refractivity contribution is -0.141. The molecule has 2 aliphatic rings. The molecule has 1 saturated heterocycles. The monoisotopic (exact) mass is 418 g/mol. The SMILES string of the molecule is CCCCN1C(=O)/C(=C2\SC(=S)N(CCCC(=O)OC)C2=O)c2ccccc21. The fourth-order valence-electron chi connectivity index (χ4n) is 3.26. The molecule has 0 spiro atoms. The Balaban J connectivity index is 1.88. The second kappa shape index (κ2) is 8.87. The smallest absolute Gasteiger partial charge is 0.305 e. The first-order valence-corrected chi connectivity index (χ1v) is 10.5. The summed E-state index contributed by atoms with van der Waals surface area (Å²) in [4.78, 5) is 41.0. The summed E-state index contributed by atoms with van der Waals surface area (Å²) in [5, 5.41) is 0. The third-order valence-electron chi connectivity index (χ3n) is 4.72. The highest BCUT2D eigenvalue weighted by atomic mass is 32.2. The van der Waals surface area contributed by atoms with Crippen molar-refractivity contribution in [3.05, 3.63) is 34.7 Å². The summed E-state index contributed by atoms with van der Waals surface area (Å²) in [6.07, 6.45) is 2.53. The van der Waals surface area contributed by atoms with Crippen LogP contribution in [0.25, 0.3) is 5.57 Å². The zero-order valence-electron chi connectivity index (χ0n) is 15.9. The third kappa shape index (κ3) is 3.84. The molecular weight excluding hydrogens is 396 g/mol. The van der Waals surface area contributed by atoms with Gasteiger partial charge < -0.3 is 9.64 Å². The van der Waals surface area contributed by atoms with Crippen LogP contribution in [0, 0.1) is 0 Å². The molecule has 6 nitrogen and oxygen atoms in total. The van der Waals surface area contributed by atoms with Gasteiger partial charge in [-0.2, -0.15) is 0 Å². The Morgan fingerprint density at radius 1 is 1.11 bits per heavy atom. The highest BCUT2D eigenvalue weighted by Gasteiger charge is 2.41. The molecule has 0 aliphatic carbocycles. The number of rotatable bonds is 7. The Morgan fingerprint density at radius 2 is 1.82 bits per heavy atom. The van der Waals surface area contributed by atoms with Gasteiger partial charge in [-0.3, -0.25) is 19.3 Å². The van der Waals surface area contributed by atoms with E-state index in [2.05, 4.69) is 11.7 Å². The van der Waals surface area contributed by atoms with E-state index in [1.165, 1.54) is 12.0 Å². The Kier molecular flexibility index (Phi) is 6.51. The molecule has 0 aromatic heterocycles. The molecular formula is C20H22N2O4S2. The van der Waals surface area contributed by atoms with Crippen LogP contribution in [0.1, 0.15) is 38.2 Å². The first-order chi connectivity index (χ1) is 13.5. The van der Waals surface area contributed by atoms with Crippen molar-refractivity contribution >= 4 is 57.3 Å². The number of hydrogen-bond acceptors (Lipinski definition) is 6. The van der Waals surface area contributed by atoms with Crippen LogP contribution in [0.15, 0.2) is 29.2 Å². The number of unbranched alkanes of at least 4 members (excludes halogenated alkanes) is 1. The number of para-hydroxylation sites is 1. The number of anilines is 1. The number of amides is 2. The second-order valence-electron chi connectivity index (χ2n) is 6.54. The van der Waals surface area contributed by atoms with Gasteiger partial charge >= 0.3 is 5.97 Å². The average molecular weight is 419 g/mol. The van der Waals surface area contributed by atoms with Crippen LogP contribution in [0.5, 0.6) is 0 Å². The van der Waals surface area contributed by atoms with Crippen molar-refractivity contribution < 1.29 is 19.1 Å². The standard InChI is InChI=1S/C20H22N2O4S2/c1-3-4-11-21-14-9-6-5-8-13(14)16(18(21)24)17-19(25)22(20(27)28-17)12-7-10-15(23)26-2/h5-6,8-9H,3-4,7,10-12H2,1-2H3/b17-16-. The molecule has 1 aromatic carbocycles. The number of nitrogens with zero attached hydrogens (tertiary/aromatic N) is 2. The molecule has 1 aromatic rings. The van der Waals surface area contributed by atoms with Gasteiger partial charge in [-0.1, -0.05) is 55.5 Å². The number of ether oxygens (including phenoxy) is 1. The van der Waals surface area contributed by atoms with E-state index in [-0.39, 0.29) is 24.2 Å². The lowest BCUT2D eigenvalue weighted by Gasteiger charge is -2.16. The first kappa shape index (κ1) is 20.5. The number of benzene rings is 1. The zero-order valence-corrected chi connectivity index (χ0v) is 17.5. The fraction of sp³-hybridized carbons (Fsp3) is 0.400. The van der Waals surface area contributed by atoms with E-state index in [0.29, 0.717) is 34.3 Å². The molecule has 0 atom stereocenters. The Bertz CT molecular complexity index is 866. The van der Waals surface area contributed by atoms with Gasteiger partial charge in [0.1, 0.15) is 4.32 Å². The van der Waals surface area contributed by atoms with Gasteiger partial charge in [-0.05, 0) is 18.9 Å². The van der Waals surface area contributed by atoms with Gasteiger partial charge in [0, 0.05) is 25.1 Å². The molecule has 28 heavy (non-hydrogen) atoms. The van der Waals surface area contributed by atoms with E-state index in [1.807, 2.05) is 24.3 Å². The lowest BCUT2D eigenvalue weighted by atomic mass is 10.1. The number of carbonyl (C=O) groups excluding carboxylic acids is 3. The van der Waals surface area contributed by atoms with Crippen LogP contribution in [-0.4, -0.2) is 47.2 Å². The average Bonchev–Trinajstić information content (AvgIpc) is 3.13. The quantitative estimate of drug-likeness (QED) is 0.384. The summed E-state index contributed by atoms with van der Waals surface area (Å²) in [7, 11) is 1.33. The molecule has 2 aliphatic heterocycles. The zero-order chi connectivity index (χ0) is 20.3. The Labute approximate surface area is 173 Å². The van der Waals surface area contributed by atoms with Gasteiger partial charge in [0.25, 0.3) is 11.8 Å². The van der Waals surface area contributed by atoms with E-state index in [4.69, 9.17) is 12.2 Å². The van der Waals surface area contributed by atoms with E-state index in [9.17, 15) is 14.4 Å². The minimum atomic E-state index is -0.324. The molecule has 0 unspecified atom stereocenters. The lowest BCUT2D eigenvalue weighted by Crippen LogP contribution is -2.30. The third-order valence-corrected chi connectivity index (χ3v) is 6.17. The summed E-state index contributed by atoms with van der Waals surface area (Å²) in [5.74, 6) is -0.740. The normalized spacial score (nSPS) is 18.9. The molecule has 3 rings (SSSR count). The van der Waals surface area contributed by atoms with Crippen molar-refractivity contribution in [2.75, 3.05) is 25.1 Å².